The molecule has 7 rings (SSSR count). The Morgan fingerprint density at radius 3 is 1.95 bits per heavy atom. The number of aryl methyl sites for hydroxylation is 2. The molecule has 4 heterocycles. The van der Waals surface area contributed by atoms with Gasteiger partial charge in [0.05, 0.1) is 17.3 Å². The Labute approximate surface area is 556 Å². The highest BCUT2D eigenvalue weighted by Crippen LogP contribution is 2.43. The maximum Gasteiger partial charge on any atom is 0.336 e. The van der Waals surface area contributed by atoms with Gasteiger partial charge in [0, 0.05) is 107 Å². The number of phenolic OH excluding ortho intramolecular Hbond substituents is 1. The maximum atomic E-state index is 15.1. The number of hydrogen-bond acceptors (Lipinski definition) is 14. The first-order valence-corrected chi connectivity index (χ1v) is 33.5. The first-order chi connectivity index (χ1) is 45.1. The van der Waals surface area contributed by atoms with E-state index in [2.05, 4.69) is 20.9 Å². The molecule has 24 heteroatoms. The molecule has 0 bridgehead atoms. The lowest BCUT2D eigenvalue weighted by Gasteiger charge is -2.43. The van der Waals surface area contributed by atoms with Crippen LogP contribution in [0.1, 0.15) is 149 Å². The highest BCUT2D eigenvalue weighted by Gasteiger charge is 2.48. The van der Waals surface area contributed by atoms with E-state index in [0.29, 0.717) is 118 Å². The number of nitrogens with one attached hydrogen (secondary N) is 2. The number of hydrogen-bond donors (Lipinski definition) is 4. The van der Waals surface area contributed by atoms with Crippen LogP contribution in [-0.2, 0) is 46.5 Å². The molecular formula is C71H97N11O13. The van der Waals surface area contributed by atoms with Gasteiger partial charge < -0.3 is 54.7 Å². The number of urea groups is 1. The smallest absolute Gasteiger partial charge is 0.336 e. The molecule has 3 aliphatic heterocycles. The minimum atomic E-state index is -1.25. The van der Waals surface area contributed by atoms with E-state index < -0.39 is 71.9 Å². The fraction of sp³-hybridized carbons (Fsp3) is 0.549. The summed E-state index contributed by atoms with van der Waals surface area (Å²) in [6, 6.07) is 7.37. The number of fused-ring (bicyclic) bond motifs is 2. The van der Waals surface area contributed by atoms with Gasteiger partial charge in [0.25, 0.3) is 0 Å². The fourth-order valence-corrected chi connectivity index (χ4v) is 13.6. The average molecular weight is 1310 g/mol. The van der Waals surface area contributed by atoms with Crippen molar-refractivity contribution in [1.82, 2.24) is 49.7 Å². The molecule has 95 heavy (non-hydrogen) atoms. The number of carboxylic acids is 1. The monoisotopic (exact) mass is 1310 g/mol. The van der Waals surface area contributed by atoms with Gasteiger partial charge in [-0.25, -0.2) is 9.59 Å². The lowest BCUT2D eigenvalue weighted by atomic mass is 9.90. The van der Waals surface area contributed by atoms with Crippen LogP contribution in [0, 0.1) is 23.7 Å². The second-order valence-corrected chi connectivity index (χ2v) is 26.4. The van der Waals surface area contributed by atoms with Crippen LogP contribution in [0.25, 0.3) is 33.4 Å². The molecule has 24 nitrogen and oxygen atoms in total. The van der Waals surface area contributed by atoms with Gasteiger partial charge in [-0.1, -0.05) is 92.5 Å². The molecule has 2 saturated heterocycles. The number of aromatic nitrogens is 3. The summed E-state index contributed by atoms with van der Waals surface area (Å²) in [6.07, 6.45) is 9.60. The van der Waals surface area contributed by atoms with Crippen molar-refractivity contribution in [3.63, 3.8) is 0 Å². The van der Waals surface area contributed by atoms with E-state index in [-0.39, 0.29) is 81.6 Å². The second-order valence-electron chi connectivity index (χ2n) is 26.4. The van der Waals surface area contributed by atoms with Gasteiger partial charge in [0.2, 0.25) is 35.4 Å². The molecule has 0 spiro atoms. The third-order valence-electron chi connectivity index (χ3n) is 19.1. The van der Waals surface area contributed by atoms with Crippen LogP contribution in [0.2, 0.25) is 0 Å². The highest BCUT2D eigenvalue weighted by molar-refractivity contribution is 6.09. The molecule has 2 aromatic carbocycles. The van der Waals surface area contributed by atoms with E-state index in [4.69, 9.17) is 4.42 Å². The number of benzene rings is 3. The van der Waals surface area contributed by atoms with E-state index in [0.717, 1.165) is 5.69 Å². The van der Waals surface area contributed by atoms with Gasteiger partial charge in [-0.3, -0.25) is 43.0 Å². The number of rotatable bonds is 29. The summed E-state index contributed by atoms with van der Waals surface area (Å²) in [6.45, 7) is 20.0. The lowest BCUT2D eigenvalue weighted by molar-refractivity contribution is -0.158. The number of carbonyl (C=O) groups is 9. The predicted molar refractivity (Wildman–Crippen MR) is 361 cm³/mol. The van der Waals surface area contributed by atoms with Crippen molar-refractivity contribution in [2.24, 2.45) is 23.7 Å². The minimum absolute atomic E-state index is 0.00268. The van der Waals surface area contributed by atoms with Gasteiger partial charge in [-0.15, -0.1) is 5.10 Å². The second kappa shape index (κ2) is 32.5. The molecule has 2 fully saturated rings. The minimum Gasteiger partial charge on any atom is -0.508 e. The predicted octanol–water partition coefficient (Wildman–Crippen LogP) is 8.71. The third kappa shape index (κ3) is 16.8. The molecule has 0 radical (unpaired) electrons. The normalized spacial score (nSPS) is 16.9. The number of aromatic hydroxyl groups is 1. The first-order valence-electron chi connectivity index (χ1n) is 33.5. The van der Waals surface area contributed by atoms with Gasteiger partial charge in [0.1, 0.15) is 47.3 Å². The molecule has 8 amide bonds. The van der Waals surface area contributed by atoms with Crippen LogP contribution in [0.15, 0.2) is 81.7 Å². The Morgan fingerprint density at radius 1 is 0.716 bits per heavy atom. The van der Waals surface area contributed by atoms with Crippen molar-refractivity contribution in [3.05, 3.63) is 93.9 Å². The SMILES string of the molecule is CCC(=O)[C@@H]1CCCN1C(=O)[C@@H]1CCCN1C(=O)[C@H](C(C)C)N(C)C(=O)[C@H](C(C)C)N(C)C(=O)[C@H]([C@@H](C)CC)N(C)C(=O)[C@H]([C@@H](C)CC)N(C)C(=O)/C(C)=C/CCCc1cn(CCCNC(=O)Nc2ccc(-c3c4ccc(=O)cc-4oc4cc(O)ccc34)c(C(=O)O)c2)nn1. The van der Waals surface area contributed by atoms with Crippen LogP contribution in [0.5, 0.6) is 5.75 Å². The molecular weight excluding hydrogens is 1210 g/mol. The number of ketones is 1. The number of unbranched alkanes of at least 4 members (excludes halogenated alkanes) is 1. The molecule has 0 unspecified atom stereocenters. The summed E-state index contributed by atoms with van der Waals surface area (Å²) < 4.78 is 7.59. The van der Waals surface area contributed by atoms with Gasteiger partial charge >= 0.3 is 12.0 Å². The van der Waals surface area contributed by atoms with E-state index >= 15 is 4.79 Å². The van der Waals surface area contributed by atoms with Crippen molar-refractivity contribution < 1.29 is 57.8 Å². The number of allylic oxidation sites excluding steroid dienone is 1. The molecule has 0 saturated carbocycles. The fourth-order valence-electron chi connectivity index (χ4n) is 13.6. The standard InChI is InChI=1S/C71H97N11O13/c1-15-43(8)62(68(90)79(14)63(44(9)16-2)67(89)76(11)60(41(4)5)66(88)77(12)61(42(6)7)69(91)82-36-21-26-55(82)65(87)81-35-20-25-54(81)56(85)17-3)78(13)64(86)45(10)23-18-19-24-47-40-80(75-74-47)34-22-33-72-71(94)73-46-27-30-50(53(37-46)70(92)93)59-51-31-28-48(83)38-57(51)95-58-39-49(84)29-32-52(58)59/h23,27-32,37-44,54-55,60-63,83H,15-22,24-26,33-36H2,1-14H3,(H,92,93)(H2,72,73,94)/b45-23+/t43-,44-,54-,55-,60-,61-,62-,63-/m0/s1. The number of likely N-dealkylation sites (tertiary alicyclic amines) is 2. The Hall–Kier alpha value is -8.96. The summed E-state index contributed by atoms with van der Waals surface area (Å²) in [7, 11) is 6.30. The molecule has 4 aliphatic rings. The largest absolute Gasteiger partial charge is 0.508 e. The summed E-state index contributed by atoms with van der Waals surface area (Å²) in [5.74, 6) is -4.87. The number of carboxylic acid groups (broad SMARTS) is 1. The van der Waals surface area contributed by atoms with Crippen LogP contribution >= 0.6 is 0 Å². The third-order valence-corrected chi connectivity index (χ3v) is 19.1. The number of amides is 8. The van der Waals surface area contributed by atoms with Crippen molar-refractivity contribution in [2.45, 2.75) is 183 Å². The van der Waals surface area contributed by atoms with Gasteiger partial charge in [-0.2, -0.15) is 0 Å². The number of nitrogens with zero attached hydrogens (tertiary/aromatic N) is 9. The zero-order valence-corrected chi connectivity index (χ0v) is 57.6. The zero-order chi connectivity index (χ0) is 69.9. The van der Waals surface area contributed by atoms with Crippen molar-refractivity contribution in [2.75, 3.05) is 53.1 Å². The topological polar surface area (TPSA) is 299 Å². The number of carbonyl (C=O) groups excluding carboxylic acids is 8. The van der Waals surface area contributed by atoms with E-state index in [1.807, 2.05) is 67.7 Å². The van der Waals surface area contributed by atoms with Crippen LogP contribution in [0.4, 0.5) is 10.5 Å². The Kier molecular flexibility index (Phi) is 25.1. The number of anilines is 1. The van der Waals surface area contributed by atoms with Crippen LogP contribution in [0.3, 0.4) is 0 Å². The molecule has 3 aromatic rings. The van der Waals surface area contributed by atoms with E-state index in [1.54, 1.807) is 80.8 Å². The zero-order valence-electron chi connectivity index (χ0n) is 57.6. The van der Waals surface area contributed by atoms with Crippen molar-refractivity contribution in [1.29, 1.82) is 0 Å². The Bertz CT molecular complexity index is 3690. The highest BCUT2D eigenvalue weighted by atomic mass is 16.4. The van der Waals surface area contributed by atoms with Crippen molar-refractivity contribution in [3.8, 4) is 28.2 Å². The summed E-state index contributed by atoms with van der Waals surface area (Å²) >= 11 is 0. The number of aromatic carboxylic acids is 1. The van der Waals surface area contributed by atoms with Crippen LogP contribution < -0.4 is 16.1 Å². The molecule has 1 aromatic heterocycles. The molecule has 1 aliphatic carbocycles. The Morgan fingerprint density at radius 2 is 1.32 bits per heavy atom. The number of likely N-dealkylation sites (N-methyl/N-ethyl adjacent to an activating group) is 4. The lowest BCUT2D eigenvalue weighted by Crippen LogP contribution is -2.62. The van der Waals surface area contributed by atoms with Crippen LogP contribution in [-0.4, -0.2) is 192 Å². The Balaban J connectivity index is 0.921. The average Bonchev–Trinajstić information content (AvgIpc) is 1.75. The molecule has 8 atom stereocenters. The van der Waals surface area contributed by atoms with Gasteiger partial charge in [-0.05, 0) is 124 Å². The van der Waals surface area contributed by atoms with E-state index in [1.165, 1.54) is 49.9 Å². The summed E-state index contributed by atoms with van der Waals surface area (Å²) in [4.78, 5) is 148. The van der Waals surface area contributed by atoms with Crippen molar-refractivity contribution >= 4 is 69.9 Å². The summed E-state index contributed by atoms with van der Waals surface area (Å²) in [5, 5.41) is 35.1. The first kappa shape index (κ1) is 73.5. The van der Waals surface area contributed by atoms with E-state index in [9.17, 15) is 53.4 Å². The molecule has 4 N–H and O–H groups in total. The quantitative estimate of drug-likeness (QED) is 0.0198. The number of Topliss-reactive ketones (excluding diaryl/α,β-unsaturated/α-hetero) is 1. The summed E-state index contributed by atoms with van der Waals surface area (Å²) in [5.41, 5.74) is 2.50. The molecule has 514 valence electrons. The van der Waals surface area contributed by atoms with Gasteiger partial charge in [0.15, 0.2) is 11.2 Å². The number of phenols is 1. The maximum absolute atomic E-state index is 15.1.